The minimum absolute atomic E-state index is 0.0225. The molecule has 0 bridgehead atoms. The molecule has 0 aliphatic rings. The lowest BCUT2D eigenvalue weighted by Gasteiger charge is -2.34. The summed E-state index contributed by atoms with van der Waals surface area (Å²) in [7, 11) is -4.19. The van der Waals surface area contributed by atoms with Crippen LogP contribution in [0.3, 0.4) is 0 Å². The van der Waals surface area contributed by atoms with Crippen molar-refractivity contribution in [3.05, 3.63) is 102 Å². The van der Waals surface area contributed by atoms with Crippen molar-refractivity contribution in [2.75, 3.05) is 17.1 Å². The lowest BCUT2D eigenvalue weighted by molar-refractivity contribution is -0.140. The van der Waals surface area contributed by atoms with E-state index in [9.17, 15) is 31.2 Å². The molecule has 3 aromatic rings. The van der Waals surface area contributed by atoms with Gasteiger partial charge in [-0.25, -0.2) is 8.42 Å². The lowest BCUT2D eigenvalue weighted by atomic mass is 10.0. The summed E-state index contributed by atoms with van der Waals surface area (Å²) in [5.41, 5.74) is 0.117. The highest BCUT2D eigenvalue weighted by atomic mass is 32.2. The summed E-state index contributed by atoms with van der Waals surface area (Å²) in [6.45, 7) is 2.92. The van der Waals surface area contributed by atoms with Crippen LogP contribution < -0.4 is 9.62 Å². The maximum Gasteiger partial charge on any atom is 0.416 e. The van der Waals surface area contributed by atoms with E-state index >= 15 is 0 Å². The number of nitrogens with one attached hydrogen (secondary N) is 1. The summed E-state index contributed by atoms with van der Waals surface area (Å²) in [6.07, 6.45) is -3.10. The minimum atomic E-state index is -4.71. The molecule has 0 aromatic heterocycles. The first-order valence-electron chi connectivity index (χ1n) is 13.1. The molecule has 0 heterocycles. The monoisotopic (exact) mass is 589 g/mol. The molecule has 3 rings (SSSR count). The molecule has 3 aromatic carbocycles. The normalized spacial score (nSPS) is 13.2. The average Bonchev–Trinajstić information content (AvgIpc) is 2.93. The molecule has 0 radical (unpaired) electrons. The third-order valence-corrected chi connectivity index (χ3v) is 7.75. The fourth-order valence-electron chi connectivity index (χ4n) is 4.23. The highest BCUT2D eigenvalue weighted by molar-refractivity contribution is 7.92. The van der Waals surface area contributed by atoms with Gasteiger partial charge in [-0.1, -0.05) is 73.7 Å². The molecule has 7 nitrogen and oxygen atoms in total. The Balaban J connectivity index is 2.06. The quantitative estimate of drug-likeness (QED) is 0.321. The Morgan fingerprint density at radius 1 is 0.902 bits per heavy atom. The maximum atomic E-state index is 14.0. The Kier molecular flexibility index (Phi) is 10.6. The highest BCUT2D eigenvalue weighted by Gasteiger charge is 2.35. The van der Waals surface area contributed by atoms with Crippen molar-refractivity contribution >= 4 is 27.5 Å². The van der Waals surface area contributed by atoms with Crippen LogP contribution in [-0.4, -0.2) is 50.0 Å². The summed E-state index contributed by atoms with van der Waals surface area (Å²) in [4.78, 5) is 28.9. The van der Waals surface area contributed by atoms with E-state index in [-0.39, 0.29) is 24.7 Å². The van der Waals surface area contributed by atoms with E-state index in [4.69, 9.17) is 0 Å². The van der Waals surface area contributed by atoms with Gasteiger partial charge in [0.25, 0.3) is 0 Å². The van der Waals surface area contributed by atoms with Crippen molar-refractivity contribution in [1.82, 2.24) is 10.2 Å². The molecule has 0 spiro atoms. The lowest BCUT2D eigenvalue weighted by Crippen LogP contribution is -2.54. The molecule has 0 saturated heterocycles. The molecular weight excluding hydrogens is 555 g/mol. The molecule has 1 N–H and O–H groups in total. The Morgan fingerprint density at radius 3 is 2.02 bits per heavy atom. The van der Waals surface area contributed by atoms with E-state index in [0.29, 0.717) is 22.4 Å². The topological polar surface area (TPSA) is 86.8 Å². The fourth-order valence-corrected chi connectivity index (χ4v) is 5.07. The number of rotatable bonds is 12. The van der Waals surface area contributed by atoms with E-state index in [1.54, 1.807) is 42.5 Å². The second kappa shape index (κ2) is 13.7. The third-order valence-electron chi connectivity index (χ3n) is 6.61. The summed E-state index contributed by atoms with van der Waals surface area (Å²) < 4.78 is 66.4. The molecule has 0 fully saturated rings. The van der Waals surface area contributed by atoms with Crippen LogP contribution in [0.25, 0.3) is 0 Å². The van der Waals surface area contributed by atoms with Gasteiger partial charge in [-0.3, -0.25) is 13.9 Å². The zero-order valence-electron chi connectivity index (χ0n) is 23.1. The third kappa shape index (κ3) is 9.07. The number of halogens is 3. The molecule has 2 unspecified atom stereocenters. The zero-order valence-corrected chi connectivity index (χ0v) is 24.0. The Bertz CT molecular complexity index is 1420. The Morgan fingerprint density at radius 2 is 1.49 bits per heavy atom. The Hall–Kier alpha value is -3.86. The van der Waals surface area contributed by atoms with E-state index < -0.39 is 46.2 Å². The maximum absolute atomic E-state index is 14.0. The van der Waals surface area contributed by atoms with E-state index in [1.807, 2.05) is 32.0 Å². The molecule has 0 aliphatic carbocycles. The predicted octanol–water partition coefficient (Wildman–Crippen LogP) is 5.03. The standard InChI is InChI=1S/C30H34F3N3O4S/c1-4-22(2)34-29(38)27(18-23-12-7-5-8-13-23)35(20-24-14-9-6-10-15-24)28(37)21-36(41(3,39)40)26-17-11-16-25(19-26)30(31,32)33/h5-17,19,22,27H,4,18,20-21H2,1-3H3,(H,34,38). The number of nitrogens with zero attached hydrogens (tertiary/aromatic N) is 2. The van der Waals surface area contributed by atoms with Gasteiger partial charge in [-0.05, 0) is 42.7 Å². The van der Waals surface area contributed by atoms with Gasteiger partial charge >= 0.3 is 6.18 Å². The minimum Gasteiger partial charge on any atom is -0.352 e. The summed E-state index contributed by atoms with van der Waals surface area (Å²) in [5, 5.41) is 2.92. The van der Waals surface area contributed by atoms with Gasteiger partial charge in [0.1, 0.15) is 12.6 Å². The van der Waals surface area contributed by atoms with Crippen molar-refractivity contribution in [1.29, 1.82) is 0 Å². The summed E-state index contributed by atoms with van der Waals surface area (Å²) >= 11 is 0. The van der Waals surface area contributed by atoms with Gasteiger partial charge in [0.15, 0.2) is 0 Å². The first-order chi connectivity index (χ1) is 19.3. The number of hydrogen-bond acceptors (Lipinski definition) is 4. The first kappa shape index (κ1) is 31.7. The van der Waals surface area contributed by atoms with Gasteiger partial charge in [-0.2, -0.15) is 13.2 Å². The fraction of sp³-hybridized carbons (Fsp3) is 0.333. The van der Waals surface area contributed by atoms with Gasteiger partial charge in [0.05, 0.1) is 17.5 Å². The molecule has 2 atom stereocenters. The average molecular weight is 590 g/mol. The van der Waals surface area contributed by atoms with Crippen molar-refractivity contribution in [3.63, 3.8) is 0 Å². The van der Waals surface area contributed by atoms with E-state index in [2.05, 4.69) is 5.32 Å². The van der Waals surface area contributed by atoms with Crippen LogP contribution >= 0.6 is 0 Å². The number of alkyl halides is 3. The van der Waals surface area contributed by atoms with Crippen LogP contribution in [-0.2, 0) is 38.8 Å². The molecule has 0 saturated carbocycles. The first-order valence-corrected chi connectivity index (χ1v) is 15.0. The van der Waals surface area contributed by atoms with Crippen molar-refractivity contribution in [3.8, 4) is 0 Å². The smallest absolute Gasteiger partial charge is 0.352 e. The zero-order chi connectivity index (χ0) is 30.2. The molecular formula is C30H34F3N3O4S. The van der Waals surface area contributed by atoms with Crippen molar-refractivity contribution < 1.29 is 31.2 Å². The summed E-state index contributed by atoms with van der Waals surface area (Å²) in [6, 6.07) is 20.5. The molecule has 220 valence electrons. The van der Waals surface area contributed by atoms with Crippen LogP contribution in [0.15, 0.2) is 84.9 Å². The van der Waals surface area contributed by atoms with Gasteiger partial charge < -0.3 is 10.2 Å². The summed E-state index contributed by atoms with van der Waals surface area (Å²) in [5.74, 6) is -1.16. The number of anilines is 1. The Labute approximate surface area is 239 Å². The number of hydrogen-bond donors (Lipinski definition) is 1. The van der Waals surface area contributed by atoms with Crippen molar-refractivity contribution in [2.24, 2.45) is 0 Å². The van der Waals surface area contributed by atoms with Crippen LogP contribution in [0.1, 0.15) is 37.0 Å². The van der Waals surface area contributed by atoms with Crippen molar-refractivity contribution in [2.45, 2.75) is 51.5 Å². The van der Waals surface area contributed by atoms with Crippen LogP contribution in [0.5, 0.6) is 0 Å². The molecule has 11 heteroatoms. The predicted molar refractivity (Wildman–Crippen MR) is 152 cm³/mol. The number of carbonyl (C=O) groups excluding carboxylic acids is 2. The highest BCUT2D eigenvalue weighted by Crippen LogP contribution is 2.32. The van der Waals surface area contributed by atoms with Crippen LogP contribution in [0.2, 0.25) is 0 Å². The van der Waals surface area contributed by atoms with E-state index in [1.165, 1.54) is 11.0 Å². The van der Waals surface area contributed by atoms with Crippen LogP contribution in [0.4, 0.5) is 18.9 Å². The van der Waals surface area contributed by atoms with Crippen LogP contribution in [0, 0.1) is 0 Å². The van der Waals surface area contributed by atoms with Gasteiger partial charge in [0.2, 0.25) is 21.8 Å². The number of benzene rings is 3. The van der Waals surface area contributed by atoms with Gasteiger partial charge in [-0.15, -0.1) is 0 Å². The number of carbonyl (C=O) groups is 2. The molecule has 41 heavy (non-hydrogen) atoms. The number of sulfonamides is 1. The largest absolute Gasteiger partial charge is 0.416 e. The second-order valence-corrected chi connectivity index (χ2v) is 11.8. The molecule has 0 aliphatic heterocycles. The van der Waals surface area contributed by atoms with Gasteiger partial charge in [0, 0.05) is 19.0 Å². The SMILES string of the molecule is CCC(C)NC(=O)C(Cc1ccccc1)N(Cc1ccccc1)C(=O)CN(c1cccc(C(F)(F)F)c1)S(C)(=O)=O. The molecule has 2 amide bonds. The number of amides is 2. The second-order valence-electron chi connectivity index (χ2n) is 9.85. The van der Waals surface area contributed by atoms with E-state index in [0.717, 1.165) is 24.0 Å².